The Morgan fingerprint density at radius 2 is 1.95 bits per heavy atom. The standard InChI is InChI=1S/C13H14F3N3O2/c1-6(2)10(17)12-18-11(19-21-12)7-3-4-9(20)8(5-7)13(14,15)16/h3-6,10,20H,17H2,1-2H3/t10-/m0/s1. The van der Waals surface area contributed by atoms with Crippen LogP contribution >= 0.6 is 0 Å². The molecule has 1 aromatic carbocycles. The van der Waals surface area contributed by atoms with E-state index in [0.29, 0.717) is 0 Å². The molecule has 2 aromatic rings. The number of phenolic OH excluding ortho intramolecular Hbond substituents is 1. The van der Waals surface area contributed by atoms with E-state index in [1.807, 2.05) is 13.8 Å². The van der Waals surface area contributed by atoms with Crippen LogP contribution < -0.4 is 5.73 Å². The van der Waals surface area contributed by atoms with Gasteiger partial charge in [0, 0.05) is 5.56 Å². The Bertz CT molecular complexity index is 638. The van der Waals surface area contributed by atoms with Crippen molar-refractivity contribution in [3.8, 4) is 17.1 Å². The molecule has 0 spiro atoms. The SMILES string of the molecule is CC(C)[C@H](N)c1nc(-c2ccc(O)c(C(F)(F)F)c2)no1. The average Bonchev–Trinajstić information content (AvgIpc) is 2.86. The van der Waals surface area contributed by atoms with Crippen LogP contribution in [0.2, 0.25) is 0 Å². The minimum absolute atomic E-state index is 0.00778. The topological polar surface area (TPSA) is 85.2 Å². The summed E-state index contributed by atoms with van der Waals surface area (Å²) in [4.78, 5) is 4.00. The first-order valence-corrected chi connectivity index (χ1v) is 6.20. The second-order valence-electron chi connectivity index (χ2n) is 4.96. The van der Waals surface area contributed by atoms with Crippen LogP contribution in [-0.2, 0) is 6.18 Å². The molecule has 0 radical (unpaired) electrons. The van der Waals surface area contributed by atoms with Crippen LogP contribution in [0.1, 0.15) is 31.3 Å². The fraction of sp³-hybridized carbons (Fsp3) is 0.385. The van der Waals surface area contributed by atoms with Gasteiger partial charge in [-0.15, -0.1) is 0 Å². The molecule has 0 aliphatic rings. The van der Waals surface area contributed by atoms with Crippen molar-refractivity contribution in [2.24, 2.45) is 11.7 Å². The van der Waals surface area contributed by atoms with Crippen molar-refractivity contribution >= 4 is 0 Å². The van der Waals surface area contributed by atoms with E-state index >= 15 is 0 Å². The number of hydrogen-bond acceptors (Lipinski definition) is 5. The molecule has 0 aliphatic heterocycles. The molecule has 0 unspecified atom stereocenters. The zero-order chi connectivity index (χ0) is 15.8. The monoisotopic (exact) mass is 301 g/mol. The van der Waals surface area contributed by atoms with Crippen LogP contribution in [0.4, 0.5) is 13.2 Å². The maximum Gasteiger partial charge on any atom is 0.419 e. The molecule has 0 aliphatic carbocycles. The summed E-state index contributed by atoms with van der Waals surface area (Å²) < 4.78 is 43.2. The van der Waals surface area contributed by atoms with Crippen molar-refractivity contribution in [2.75, 3.05) is 0 Å². The molecule has 1 atom stereocenters. The van der Waals surface area contributed by atoms with Gasteiger partial charge >= 0.3 is 6.18 Å². The molecule has 114 valence electrons. The van der Waals surface area contributed by atoms with Gasteiger partial charge in [0.2, 0.25) is 11.7 Å². The highest BCUT2D eigenvalue weighted by atomic mass is 19.4. The third-order valence-electron chi connectivity index (χ3n) is 3.01. The van der Waals surface area contributed by atoms with Gasteiger partial charge in [0.25, 0.3) is 0 Å². The second-order valence-corrected chi connectivity index (χ2v) is 4.96. The van der Waals surface area contributed by atoms with E-state index in [-0.39, 0.29) is 23.2 Å². The number of nitrogens with zero attached hydrogens (tertiary/aromatic N) is 2. The Balaban J connectivity index is 2.40. The third kappa shape index (κ3) is 3.15. The molecule has 2 rings (SSSR count). The van der Waals surface area contributed by atoms with E-state index in [1.165, 1.54) is 6.07 Å². The largest absolute Gasteiger partial charge is 0.507 e. The van der Waals surface area contributed by atoms with Crippen LogP contribution in [-0.4, -0.2) is 15.2 Å². The van der Waals surface area contributed by atoms with Gasteiger partial charge in [-0.05, 0) is 24.1 Å². The van der Waals surface area contributed by atoms with E-state index in [2.05, 4.69) is 10.1 Å². The molecule has 0 fully saturated rings. The number of benzene rings is 1. The summed E-state index contributed by atoms with van der Waals surface area (Å²) in [6.45, 7) is 3.72. The van der Waals surface area contributed by atoms with Crippen molar-refractivity contribution in [2.45, 2.75) is 26.1 Å². The molecule has 1 aromatic heterocycles. The molecule has 0 amide bonds. The molecule has 1 heterocycles. The normalized spacial score (nSPS) is 13.7. The van der Waals surface area contributed by atoms with Crippen LogP contribution in [0.5, 0.6) is 5.75 Å². The number of alkyl halides is 3. The van der Waals surface area contributed by atoms with Gasteiger partial charge in [-0.1, -0.05) is 19.0 Å². The quantitative estimate of drug-likeness (QED) is 0.909. The lowest BCUT2D eigenvalue weighted by molar-refractivity contribution is -0.138. The predicted molar refractivity (Wildman–Crippen MR) is 68.2 cm³/mol. The number of aromatic hydroxyl groups is 1. The van der Waals surface area contributed by atoms with Crippen molar-refractivity contribution in [3.63, 3.8) is 0 Å². The van der Waals surface area contributed by atoms with E-state index in [1.54, 1.807) is 0 Å². The minimum atomic E-state index is -4.67. The highest BCUT2D eigenvalue weighted by molar-refractivity contribution is 5.58. The third-order valence-corrected chi connectivity index (χ3v) is 3.01. The maximum atomic E-state index is 12.7. The molecule has 3 N–H and O–H groups in total. The van der Waals surface area contributed by atoms with Gasteiger partial charge in [-0.2, -0.15) is 18.2 Å². The van der Waals surface area contributed by atoms with Crippen LogP contribution in [0.25, 0.3) is 11.4 Å². The van der Waals surface area contributed by atoms with Gasteiger partial charge in [-0.25, -0.2) is 0 Å². The first-order valence-electron chi connectivity index (χ1n) is 6.20. The summed E-state index contributed by atoms with van der Waals surface area (Å²) in [5.74, 6) is -0.661. The zero-order valence-electron chi connectivity index (χ0n) is 11.3. The zero-order valence-corrected chi connectivity index (χ0v) is 11.3. The number of rotatable bonds is 3. The minimum Gasteiger partial charge on any atom is -0.507 e. The van der Waals surface area contributed by atoms with Crippen LogP contribution in [0.3, 0.4) is 0 Å². The first kappa shape index (κ1) is 15.3. The molecular weight excluding hydrogens is 287 g/mol. The lowest BCUT2D eigenvalue weighted by Gasteiger charge is -2.10. The number of nitrogens with two attached hydrogens (primary N) is 1. The fourth-order valence-electron chi connectivity index (χ4n) is 1.68. The average molecular weight is 301 g/mol. The number of halogens is 3. The lowest BCUT2D eigenvalue weighted by atomic mass is 10.1. The molecule has 0 saturated carbocycles. The summed E-state index contributed by atoms with van der Waals surface area (Å²) >= 11 is 0. The lowest BCUT2D eigenvalue weighted by Crippen LogP contribution is -2.16. The van der Waals surface area contributed by atoms with Gasteiger partial charge in [0.05, 0.1) is 11.6 Å². The van der Waals surface area contributed by atoms with Crippen molar-refractivity contribution in [1.82, 2.24) is 10.1 Å². The molecule has 0 saturated heterocycles. The first-order chi connectivity index (χ1) is 9.70. The van der Waals surface area contributed by atoms with Crippen molar-refractivity contribution < 1.29 is 22.8 Å². The highest BCUT2D eigenvalue weighted by Crippen LogP contribution is 2.37. The molecule has 8 heteroatoms. The summed E-state index contributed by atoms with van der Waals surface area (Å²) in [5.41, 5.74) is 4.77. The van der Waals surface area contributed by atoms with E-state index < -0.39 is 23.5 Å². The Labute approximate surface area is 118 Å². The number of aromatic nitrogens is 2. The van der Waals surface area contributed by atoms with Crippen molar-refractivity contribution in [3.05, 3.63) is 29.7 Å². The molecule has 5 nitrogen and oxygen atoms in total. The van der Waals surface area contributed by atoms with E-state index in [0.717, 1.165) is 12.1 Å². The second kappa shape index (κ2) is 5.36. The summed E-state index contributed by atoms with van der Waals surface area (Å²) in [6, 6.07) is 2.49. The summed E-state index contributed by atoms with van der Waals surface area (Å²) in [7, 11) is 0. The Kier molecular flexibility index (Phi) is 3.91. The number of phenols is 1. The van der Waals surface area contributed by atoms with Crippen LogP contribution in [0.15, 0.2) is 22.7 Å². The Morgan fingerprint density at radius 1 is 1.29 bits per heavy atom. The van der Waals surface area contributed by atoms with Crippen LogP contribution in [0, 0.1) is 5.92 Å². The molecule has 21 heavy (non-hydrogen) atoms. The van der Waals surface area contributed by atoms with E-state index in [4.69, 9.17) is 10.3 Å². The summed E-state index contributed by atoms with van der Waals surface area (Å²) in [6.07, 6.45) is -4.67. The Morgan fingerprint density at radius 3 is 2.52 bits per heavy atom. The van der Waals surface area contributed by atoms with E-state index in [9.17, 15) is 18.3 Å². The predicted octanol–water partition coefficient (Wildman–Crippen LogP) is 3.12. The van der Waals surface area contributed by atoms with Gasteiger partial charge in [0.15, 0.2) is 0 Å². The van der Waals surface area contributed by atoms with Gasteiger partial charge < -0.3 is 15.4 Å². The van der Waals surface area contributed by atoms with Gasteiger partial charge in [-0.3, -0.25) is 0 Å². The fourth-order valence-corrected chi connectivity index (χ4v) is 1.68. The Hall–Kier alpha value is -2.09. The van der Waals surface area contributed by atoms with Gasteiger partial charge in [0.1, 0.15) is 5.75 Å². The molecule has 0 bridgehead atoms. The highest BCUT2D eigenvalue weighted by Gasteiger charge is 2.34. The molecular formula is C13H14F3N3O2. The summed E-state index contributed by atoms with van der Waals surface area (Å²) in [5, 5.41) is 12.9. The number of hydrogen-bond donors (Lipinski definition) is 2. The smallest absolute Gasteiger partial charge is 0.419 e. The maximum absolute atomic E-state index is 12.7. The van der Waals surface area contributed by atoms with Crippen molar-refractivity contribution in [1.29, 1.82) is 0 Å².